The molecule has 0 unspecified atom stereocenters. The minimum absolute atomic E-state index is 0.335. The molecule has 1 amide bonds. The zero-order valence-electron chi connectivity index (χ0n) is 13.3. The number of carbonyl (C=O) groups is 1. The van der Waals surface area contributed by atoms with Crippen molar-refractivity contribution in [1.82, 2.24) is 4.31 Å². The standard InChI is InChI=1S/C17H16Cl2N2O3S/c1-21(12-17(22)20-16-5-3-2-4-15(16)19)25(23,24)11-10-13-6-8-14(18)9-7-13/h2-11H,12H2,1H3,(H,20,22)/b11-10+. The third-order valence-corrected chi connectivity index (χ3v) is 5.31. The van der Waals surface area contributed by atoms with Gasteiger partial charge >= 0.3 is 0 Å². The number of likely N-dealkylation sites (N-methyl/N-ethyl adjacent to an activating group) is 1. The molecule has 0 bridgehead atoms. The van der Waals surface area contributed by atoms with Gasteiger partial charge in [0.15, 0.2) is 0 Å². The Kier molecular flexibility index (Phi) is 6.61. The third-order valence-electron chi connectivity index (χ3n) is 3.25. The normalized spacial score (nSPS) is 11.8. The lowest BCUT2D eigenvalue weighted by molar-refractivity contribution is -0.116. The highest BCUT2D eigenvalue weighted by Gasteiger charge is 2.18. The van der Waals surface area contributed by atoms with E-state index in [4.69, 9.17) is 23.2 Å². The van der Waals surface area contributed by atoms with Crippen molar-refractivity contribution < 1.29 is 13.2 Å². The van der Waals surface area contributed by atoms with Crippen LogP contribution in [-0.4, -0.2) is 32.2 Å². The number of benzene rings is 2. The molecular weight excluding hydrogens is 383 g/mol. The summed E-state index contributed by atoms with van der Waals surface area (Å²) in [5.41, 5.74) is 1.11. The molecule has 0 aliphatic heterocycles. The van der Waals surface area contributed by atoms with E-state index in [1.807, 2.05) is 0 Å². The van der Waals surface area contributed by atoms with Gasteiger partial charge in [0.1, 0.15) is 0 Å². The Morgan fingerprint density at radius 3 is 2.40 bits per heavy atom. The Bertz CT molecular complexity index is 881. The quantitative estimate of drug-likeness (QED) is 0.802. The van der Waals surface area contributed by atoms with Crippen LogP contribution >= 0.6 is 23.2 Å². The average molecular weight is 399 g/mol. The van der Waals surface area contributed by atoms with Crippen LogP contribution in [0.1, 0.15) is 5.56 Å². The summed E-state index contributed by atoms with van der Waals surface area (Å²) < 4.78 is 25.4. The average Bonchev–Trinajstić information content (AvgIpc) is 2.56. The fraction of sp³-hybridized carbons (Fsp3) is 0.118. The van der Waals surface area contributed by atoms with Crippen molar-refractivity contribution in [1.29, 1.82) is 0 Å². The molecule has 8 heteroatoms. The number of anilines is 1. The molecule has 2 aromatic carbocycles. The van der Waals surface area contributed by atoms with Crippen LogP contribution in [0.5, 0.6) is 0 Å². The Labute approximate surface area is 156 Å². The van der Waals surface area contributed by atoms with Crippen LogP contribution in [0.25, 0.3) is 6.08 Å². The number of carbonyl (C=O) groups excluding carboxylic acids is 1. The van der Waals surface area contributed by atoms with Gasteiger partial charge in [-0.05, 0) is 35.9 Å². The molecule has 0 atom stereocenters. The lowest BCUT2D eigenvalue weighted by Crippen LogP contribution is -2.33. The number of nitrogens with one attached hydrogen (secondary N) is 1. The van der Waals surface area contributed by atoms with Gasteiger partial charge in [-0.2, -0.15) is 4.31 Å². The summed E-state index contributed by atoms with van der Waals surface area (Å²) in [5.74, 6) is -0.487. The molecular formula is C17H16Cl2N2O3S. The van der Waals surface area contributed by atoms with Crippen LogP contribution in [0.2, 0.25) is 10.0 Å². The van der Waals surface area contributed by atoms with Gasteiger partial charge in [0, 0.05) is 17.5 Å². The van der Waals surface area contributed by atoms with Crippen molar-refractivity contribution in [3.63, 3.8) is 0 Å². The summed E-state index contributed by atoms with van der Waals surface area (Å²) in [6.45, 7) is -0.335. The molecule has 0 fully saturated rings. The second-order valence-electron chi connectivity index (χ2n) is 5.18. The van der Waals surface area contributed by atoms with Crippen molar-refractivity contribution in [3.8, 4) is 0 Å². The second kappa shape index (κ2) is 8.49. The highest BCUT2D eigenvalue weighted by molar-refractivity contribution is 7.92. The highest BCUT2D eigenvalue weighted by atomic mass is 35.5. The van der Waals surface area contributed by atoms with Crippen molar-refractivity contribution in [3.05, 3.63) is 69.5 Å². The highest BCUT2D eigenvalue weighted by Crippen LogP contribution is 2.20. The van der Waals surface area contributed by atoms with E-state index in [1.165, 1.54) is 13.1 Å². The molecule has 0 saturated heterocycles. The molecule has 2 aromatic rings. The molecule has 0 saturated carbocycles. The maximum absolute atomic E-state index is 12.2. The molecule has 2 rings (SSSR count). The second-order valence-corrected chi connectivity index (χ2v) is 7.95. The maximum Gasteiger partial charge on any atom is 0.239 e. The number of rotatable bonds is 6. The maximum atomic E-state index is 12.2. The van der Waals surface area contributed by atoms with E-state index < -0.39 is 15.9 Å². The smallest absolute Gasteiger partial charge is 0.239 e. The first-order chi connectivity index (χ1) is 11.8. The predicted molar refractivity (Wildman–Crippen MR) is 102 cm³/mol. The molecule has 0 aliphatic rings. The van der Waals surface area contributed by atoms with Crippen LogP contribution in [0.3, 0.4) is 0 Å². The fourth-order valence-corrected chi connectivity index (χ4v) is 3.03. The van der Waals surface area contributed by atoms with Crippen molar-refractivity contribution in [2.45, 2.75) is 0 Å². The number of sulfonamides is 1. The minimum Gasteiger partial charge on any atom is -0.324 e. The first-order valence-corrected chi connectivity index (χ1v) is 9.48. The summed E-state index contributed by atoms with van der Waals surface area (Å²) in [7, 11) is -2.41. The largest absolute Gasteiger partial charge is 0.324 e. The molecule has 0 radical (unpaired) electrons. The van der Waals surface area contributed by atoms with E-state index in [0.29, 0.717) is 21.3 Å². The van der Waals surface area contributed by atoms with Gasteiger partial charge in [0.05, 0.1) is 17.3 Å². The SMILES string of the molecule is CN(CC(=O)Nc1ccccc1Cl)S(=O)(=O)/C=C/c1ccc(Cl)cc1. The summed E-state index contributed by atoms with van der Waals surface area (Å²) in [6.07, 6.45) is 1.44. The van der Waals surface area contributed by atoms with Gasteiger partial charge in [0.25, 0.3) is 0 Å². The van der Waals surface area contributed by atoms with Gasteiger partial charge in [-0.3, -0.25) is 4.79 Å². The zero-order valence-corrected chi connectivity index (χ0v) is 15.6. The summed E-state index contributed by atoms with van der Waals surface area (Å²) in [5, 5.41) is 4.56. The molecule has 0 heterocycles. The number of amides is 1. The Morgan fingerprint density at radius 2 is 1.76 bits per heavy atom. The van der Waals surface area contributed by atoms with Crippen LogP contribution in [0, 0.1) is 0 Å². The Morgan fingerprint density at radius 1 is 1.12 bits per heavy atom. The summed E-state index contributed by atoms with van der Waals surface area (Å²) in [4.78, 5) is 12.0. The molecule has 5 nitrogen and oxygen atoms in total. The number of para-hydroxylation sites is 1. The van der Waals surface area contributed by atoms with E-state index in [2.05, 4.69) is 5.32 Å². The van der Waals surface area contributed by atoms with E-state index in [-0.39, 0.29) is 6.54 Å². The lowest BCUT2D eigenvalue weighted by Gasteiger charge is -2.14. The Hall–Kier alpha value is -1.86. The van der Waals surface area contributed by atoms with E-state index in [9.17, 15) is 13.2 Å². The van der Waals surface area contributed by atoms with Crippen LogP contribution in [-0.2, 0) is 14.8 Å². The van der Waals surface area contributed by atoms with Gasteiger partial charge in [-0.1, -0.05) is 47.5 Å². The lowest BCUT2D eigenvalue weighted by atomic mass is 10.2. The number of nitrogens with zero attached hydrogens (tertiary/aromatic N) is 1. The zero-order chi connectivity index (χ0) is 18.4. The van der Waals surface area contributed by atoms with Gasteiger partial charge in [-0.25, -0.2) is 8.42 Å². The third kappa shape index (κ3) is 5.86. The Balaban J connectivity index is 2.00. The predicted octanol–water partition coefficient (Wildman–Crippen LogP) is 3.86. The summed E-state index contributed by atoms with van der Waals surface area (Å²) >= 11 is 11.7. The number of hydrogen-bond acceptors (Lipinski definition) is 3. The number of hydrogen-bond donors (Lipinski definition) is 1. The molecule has 1 N–H and O–H groups in total. The van der Waals surface area contributed by atoms with Crippen LogP contribution in [0.15, 0.2) is 53.9 Å². The molecule has 0 aliphatic carbocycles. The van der Waals surface area contributed by atoms with Crippen molar-refractivity contribution in [2.75, 3.05) is 18.9 Å². The molecule has 132 valence electrons. The minimum atomic E-state index is -3.74. The van der Waals surface area contributed by atoms with Gasteiger partial charge in [-0.15, -0.1) is 0 Å². The fourth-order valence-electron chi connectivity index (χ4n) is 1.89. The monoisotopic (exact) mass is 398 g/mol. The topological polar surface area (TPSA) is 66.5 Å². The summed E-state index contributed by atoms with van der Waals surface area (Å²) in [6, 6.07) is 13.4. The van der Waals surface area contributed by atoms with Crippen molar-refractivity contribution in [2.24, 2.45) is 0 Å². The molecule has 0 aromatic heterocycles. The van der Waals surface area contributed by atoms with E-state index >= 15 is 0 Å². The van der Waals surface area contributed by atoms with Crippen molar-refractivity contribution >= 4 is 50.9 Å². The van der Waals surface area contributed by atoms with E-state index in [0.717, 1.165) is 9.71 Å². The molecule has 25 heavy (non-hydrogen) atoms. The molecule has 0 spiro atoms. The van der Waals surface area contributed by atoms with E-state index in [1.54, 1.807) is 48.5 Å². The van der Waals surface area contributed by atoms with Gasteiger partial charge in [0.2, 0.25) is 15.9 Å². The number of halogens is 2. The first kappa shape index (κ1) is 19.5. The first-order valence-electron chi connectivity index (χ1n) is 7.22. The van der Waals surface area contributed by atoms with Crippen LogP contribution < -0.4 is 5.32 Å². The van der Waals surface area contributed by atoms with Crippen LogP contribution in [0.4, 0.5) is 5.69 Å². The van der Waals surface area contributed by atoms with Gasteiger partial charge < -0.3 is 5.32 Å².